The summed E-state index contributed by atoms with van der Waals surface area (Å²) in [6, 6.07) is 0. The van der Waals surface area contributed by atoms with Crippen molar-refractivity contribution in [3.8, 4) is 0 Å². The largest absolute Gasteiger partial charge is 0.481 e. The minimum absolute atomic E-state index is 0. The van der Waals surface area contributed by atoms with Crippen LogP contribution in [-0.4, -0.2) is 46.4 Å². The molecule has 0 spiro atoms. The number of Topliss-reactive ketones (excluding diaryl/α,β-unsaturated/α-hetero) is 2. The van der Waals surface area contributed by atoms with Gasteiger partial charge in [0.2, 0.25) is 6.10 Å². The molecule has 0 aromatic carbocycles. The van der Waals surface area contributed by atoms with Gasteiger partial charge in [0, 0.05) is 39.3 Å². The first-order valence-corrected chi connectivity index (χ1v) is 5.28. The summed E-state index contributed by atoms with van der Waals surface area (Å²) in [5, 5.41) is 16.3. The van der Waals surface area contributed by atoms with Crippen LogP contribution in [0, 0.1) is 0 Å². The minimum atomic E-state index is -1.28. The van der Waals surface area contributed by atoms with E-state index in [0.717, 1.165) is 0 Å². The van der Waals surface area contributed by atoms with Gasteiger partial charge < -0.3 is 14.9 Å². The Morgan fingerprint density at radius 3 is 1.74 bits per heavy atom. The molecule has 0 fully saturated rings. The molecule has 0 rings (SSSR count). The number of carbonyl (C=O) groups excluding carboxylic acids is 2. The fourth-order valence-electron chi connectivity index (χ4n) is 0.811. The second-order valence-corrected chi connectivity index (χ2v) is 3.47. The monoisotopic (exact) mass is 351 g/mol. The maximum absolute atomic E-state index is 10.6. The smallest absolute Gasteiger partial charge is 0.340 e. The molecule has 0 aromatic rings. The number of hydrogen-bond acceptors (Lipinski definition) is 5. The Hall–Kier alpha value is -0.656. The van der Waals surface area contributed by atoms with Crippen molar-refractivity contribution in [2.75, 3.05) is 6.61 Å². The van der Waals surface area contributed by atoms with E-state index in [4.69, 9.17) is 14.9 Å². The standard InChI is InChI=1S/C7H12O4.C4H6O3.Y/c1-3-4-11-6(5(2)8)7(9)10;1-3(5)2-4(6)7;/h6H,3-4H2,1-2H3,(H,9,10);2H2,1H3,(H,6,7);. The molecule has 1 radical (unpaired) electrons. The Bertz CT molecular complexity index is 288. The zero-order valence-electron chi connectivity index (χ0n) is 11.2. The topological polar surface area (TPSA) is 118 Å². The molecule has 0 aliphatic rings. The first-order chi connectivity index (χ1) is 8.22. The van der Waals surface area contributed by atoms with Gasteiger partial charge in [0.05, 0.1) is 0 Å². The van der Waals surface area contributed by atoms with Crippen molar-refractivity contribution in [2.24, 2.45) is 0 Å². The maximum Gasteiger partial charge on any atom is 0.340 e. The van der Waals surface area contributed by atoms with E-state index in [-0.39, 0.29) is 44.9 Å². The molecule has 0 saturated carbocycles. The molecular formula is C11H18O7Y. The Kier molecular flexibility index (Phi) is 17.0. The number of aliphatic carboxylic acids is 2. The van der Waals surface area contributed by atoms with Crippen LogP contribution in [0.5, 0.6) is 0 Å². The summed E-state index contributed by atoms with van der Waals surface area (Å²) in [5.74, 6) is -3.06. The van der Waals surface area contributed by atoms with Crippen LogP contribution < -0.4 is 0 Å². The van der Waals surface area contributed by atoms with Gasteiger partial charge in [0.25, 0.3) is 0 Å². The van der Waals surface area contributed by atoms with E-state index in [1.54, 1.807) is 0 Å². The molecule has 0 aromatic heterocycles. The zero-order valence-corrected chi connectivity index (χ0v) is 14.0. The number of ether oxygens (including phenoxy) is 1. The summed E-state index contributed by atoms with van der Waals surface area (Å²) >= 11 is 0. The molecule has 0 bridgehead atoms. The molecule has 8 heteroatoms. The molecule has 0 amide bonds. The van der Waals surface area contributed by atoms with E-state index in [1.165, 1.54) is 13.8 Å². The number of carboxylic acids is 2. The molecule has 0 heterocycles. The predicted octanol–water partition coefficient (Wildman–Crippen LogP) is 0.503. The van der Waals surface area contributed by atoms with Crippen LogP contribution in [0.4, 0.5) is 0 Å². The summed E-state index contributed by atoms with van der Waals surface area (Å²) in [4.78, 5) is 40.3. The molecule has 107 valence electrons. The zero-order chi connectivity index (χ0) is 14.7. The molecule has 19 heavy (non-hydrogen) atoms. The van der Waals surface area contributed by atoms with Crippen LogP contribution in [0.15, 0.2) is 0 Å². The summed E-state index contributed by atoms with van der Waals surface area (Å²) in [5.41, 5.74) is 0. The SMILES string of the molecule is CC(=O)CC(=O)O.CCCOC(C(C)=O)C(=O)O.[Y]. The second kappa shape index (κ2) is 13.8. The van der Waals surface area contributed by atoms with Gasteiger partial charge in [0.1, 0.15) is 12.2 Å². The Balaban J connectivity index is -0.000000280. The van der Waals surface area contributed by atoms with Crippen LogP contribution in [0.3, 0.4) is 0 Å². The maximum atomic E-state index is 10.6. The molecule has 1 atom stereocenters. The van der Waals surface area contributed by atoms with Crippen LogP contribution in [-0.2, 0) is 56.6 Å². The molecule has 0 aliphatic carbocycles. The molecule has 0 saturated heterocycles. The van der Waals surface area contributed by atoms with E-state index in [0.29, 0.717) is 13.0 Å². The van der Waals surface area contributed by atoms with Crippen molar-refractivity contribution < 1.29 is 66.8 Å². The summed E-state index contributed by atoms with van der Waals surface area (Å²) in [6.07, 6.45) is -0.938. The van der Waals surface area contributed by atoms with Gasteiger partial charge in [-0.25, -0.2) is 4.79 Å². The summed E-state index contributed by atoms with van der Waals surface area (Å²) < 4.78 is 4.77. The van der Waals surface area contributed by atoms with Gasteiger partial charge in [-0.2, -0.15) is 0 Å². The van der Waals surface area contributed by atoms with Crippen molar-refractivity contribution in [3.05, 3.63) is 0 Å². The normalized spacial score (nSPS) is 10.3. The average Bonchev–Trinajstić information content (AvgIpc) is 2.15. The number of hydrogen-bond donors (Lipinski definition) is 2. The van der Waals surface area contributed by atoms with Gasteiger partial charge >= 0.3 is 11.9 Å². The van der Waals surface area contributed by atoms with Gasteiger partial charge in [0.15, 0.2) is 5.78 Å². The molecule has 2 N–H and O–H groups in total. The average molecular weight is 351 g/mol. The van der Waals surface area contributed by atoms with Crippen molar-refractivity contribution in [1.29, 1.82) is 0 Å². The molecule has 0 aliphatic heterocycles. The minimum Gasteiger partial charge on any atom is -0.481 e. The Labute approximate surface area is 136 Å². The summed E-state index contributed by atoms with van der Waals surface area (Å²) in [6.45, 7) is 4.60. The van der Waals surface area contributed by atoms with E-state index in [2.05, 4.69) is 0 Å². The Morgan fingerprint density at radius 2 is 1.58 bits per heavy atom. The first kappa shape index (κ1) is 23.4. The van der Waals surface area contributed by atoms with Crippen LogP contribution in [0.2, 0.25) is 0 Å². The third-order valence-corrected chi connectivity index (χ3v) is 1.48. The second-order valence-electron chi connectivity index (χ2n) is 3.47. The van der Waals surface area contributed by atoms with Gasteiger partial charge in [-0.3, -0.25) is 14.4 Å². The fraction of sp³-hybridized carbons (Fsp3) is 0.636. The number of carboxylic acid groups (broad SMARTS) is 2. The molecule has 7 nitrogen and oxygen atoms in total. The Morgan fingerprint density at radius 1 is 1.11 bits per heavy atom. The third-order valence-electron chi connectivity index (χ3n) is 1.48. The van der Waals surface area contributed by atoms with E-state index < -0.39 is 23.8 Å². The molecule has 1 unspecified atom stereocenters. The molecular weight excluding hydrogens is 333 g/mol. The van der Waals surface area contributed by atoms with E-state index in [1.807, 2.05) is 6.92 Å². The van der Waals surface area contributed by atoms with Crippen LogP contribution >= 0.6 is 0 Å². The van der Waals surface area contributed by atoms with Gasteiger partial charge in [-0.05, 0) is 20.3 Å². The van der Waals surface area contributed by atoms with Gasteiger partial charge in [-0.15, -0.1) is 0 Å². The number of ketones is 2. The van der Waals surface area contributed by atoms with Gasteiger partial charge in [-0.1, -0.05) is 6.92 Å². The van der Waals surface area contributed by atoms with Crippen molar-refractivity contribution >= 4 is 23.5 Å². The predicted molar refractivity (Wildman–Crippen MR) is 61.3 cm³/mol. The number of carbonyl (C=O) groups is 4. The quantitative estimate of drug-likeness (QED) is 0.641. The van der Waals surface area contributed by atoms with Crippen molar-refractivity contribution in [2.45, 2.75) is 39.7 Å². The van der Waals surface area contributed by atoms with Crippen LogP contribution in [0.1, 0.15) is 33.6 Å². The first-order valence-electron chi connectivity index (χ1n) is 5.28. The number of rotatable bonds is 7. The summed E-state index contributed by atoms with van der Waals surface area (Å²) in [7, 11) is 0. The van der Waals surface area contributed by atoms with Crippen molar-refractivity contribution in [1.82, 2.24) is 0 Å². The van der Waals surface area contributed by atoms with E-state index in [9.17, 15) is 19.2 Å². The third kappa shape index (κ3) is 17.3. The van der Waals surface area contributed by atoms with Crippen molar-refractivity contribution in [3.63, 3.8) is 0 Å². The van der Waals surface area contributed by atoms with Crippen LogP contribution in [0.25, 0.3) is 0 Å². The fourth-order valence-corrected chi connectivity index (χ4v) is 0.811. The van der Waals surface area contributed by atoms with E-state index >= 15 is 0 Å².